The van der Waals surface area contributed by atoms with Crippen LogP contribution in [0.2, 0.25) is 0 Å². The van der Waals surface area contributed by atoms with Gasteiger partial charge in [0, 0.05) is 12.1 Å². The van der Waals surface area contributed by atoms with Crippen LogP contribution in [-0.2, 0) is 6.54 Å². The summed E-state index contributed by atoms with van der Waals surface area (Å²) in [5.41, 5.74) is 14.5. The lowest BCUT2D eigenvalue weighted by Gasteiger charge is -2.10. The molecule has 0 aliphatic rings. The highest BCUT2D eigenvalue weighted by atomic mass is 19.1. The monoisotopic (exact) mass is 461 g/mol. The molecular formula is C25H24FN5O3. The molecule has 0 saturated carbocycles. The summed E-state index contributed by atoms with van der Waals surface area (Å²) in [6.45, 7) is 0.287. The molecule has 1 amide bonds. The quantitative estimate of drug-likeness (QED) is 0.313. The maximum absolute atomic E-state index is 14.3. The number of benzene rings is 3. The number of aromatic nitrogens is 2. The number of rotatable bonds is 7. The van der Waals surface area contributed by atoms with Gasteiger partial charge in [-0.3, -0.25) is 4.79 Å². The van der Waals surface area contributed by atoms with Gasteiger partial charge < -0.3 is 26.6 Å². The number of nitrogen functional groups attached to an aromatic ring is 1. The van der Waals surface area contributed by atoms with E-state index >= 15 is 0 Å². The van der Waals surface area contributed by atoms with Gasteiger partial charge in [0.25, 0.3) is 5.91 Å². The van der Waals surface area contributed by atoms with Crippen molar-refractivity contribution in [1.82, 2.24) is 15.1 Å². The second-order valence-corrected chi connectivity index (χ2v) is 7.54. The lowest BCUT2D eigenvalue weighted by Crippen LogP contribution is -2.23. The van der Waals surface area contributed by atoms with Gasteiger partial charge in [0.15, 0.2) is 0 Å². The second kappa shape index (κ2) is 9.74. The Kier molecular flexibility index (Phi) is 6.58. The number of amides is 1. The number of methoxy groups -OCH3 is 1. The van der Waals surface area contributed by atoms with Crippen LogP contribution < -0.4 is 21.5 Å². The van der Waals surface area contributed by atoms with Crippen LogP contribution in [0.1, 0.15) is 27.7 Å². The molecule has 0 spiro atoms. The van der Waals surface area contributed by atoms with Crippen molar-refractivity contribution in [3.8, 4) is 22.7 Å². The fraction of sp³-hybridized carbons (Fsp3) is 0.120. The Hall–Kier alpha value is -4.21. The highest BCUT2D eigenvalue weighted by Crippen LogP contribution is 2.33. The first-order valence-electron chi connectivity index (χ1n) is 10.5. The van der Waals surface area contributed by atoms with Crippen LogP contribution in [0.25, 0.3) is 16.9 Å². The van der Waals surface area contributed by atoms with E-state index < -0.39 is 12.0 Å². The highest BCUT2D eigenvalue weighted by Gasteiger charge is 2.23. The van der Waals surface area contributed by atoms with Crippen molar-refractivity contribution in [3.63, 3.8) is 0 Å². The van der Waals surface area contributed by atoms with Crippen LogP contribution in [0.5, 0.6) is 5.75 Å². The molecule has 1 aromatic heterocycles. The van der Waals surface area contributed by atoms with Crippen LogP contribution in [0.15, 0.2) is 72.8 Å². The Morgan fingerprint density at radius 2 is 1.79 bits per heavy atom. The molecule has 9 heteroatoms. The number of carbonyl (C=O) groups is 1. The molecular weight excluding hydrogens is 437 g/mol. The summed E-state index contributed by atoms with van der Waals surface area (Å²) >= 11 is 0. The van der Waals surface area contributed by atoms with E-state index in [-0.39, 0.29) is 29.5 Å². The first-order chi connectivity index (χ1) is 16.4. The molecule has 4 rings (SSSR count). The van der Waals surface area contributed by atoms with Crippen LogP contribution in [0.4, 0.5) is 10.2 Å². The van der Waals surface area contributed by atoms with Gasteiger partial charge in [-0.25, -0.2) is 9.07 Å². The topological polar surface area (TPSA) is 128 Å². The average molecular weight is 461 g/mol. The van der Waals surface area contributed by atoms with Gasteiger partial charge in [-0.05, 0) is 29.8 Å². The van der Waals surface area contributed by atoms with Gasteiger partial charge in [-0.2, -0.15) is 5.10 Å². The Bertz CT molecular complexity index is 1320. The van der Waals surface area contributed by atoms with Gasteiger partial charge in [-0.15, -0.1) is 0 Å². The van der Waals surface area contributed by atoms with Gasteiger partial charge in [-0.1, -0.05) is 48.5 Å². The highest BCUT2D eigenvalue weighted by molar-refractivity contribution is 5.96. The number of hydrogen-bond donors (Lipinski definition) is 4. The Morgan fingerprint density at radius 1 is 1.12 bits per heavy atom. The molecule has 1 heterocycles. The summed E-state index contributed by atoms with van der Waals surface area (Å²) < 4.78 is 20.8. The third-order valence-corrected chi connectivity index (χ3v) is 5.37. The lowest BCUT2D eigenvalue weighted by molar-refractivity contribution is 0.0948. The summed E-state index contributed by atoms with van der Waals surface area (Å²) in [7, 11) is 1.51. The van der Waals surface area contributed by atoms with Gasteiger partial charge in [0.2, 0.25) is 0 Å². The number of ether oxygens (including phenoxy) is 1. The number of hydrogen-bond acceptors (Lipinski definition) is 6. The third kappa shape index (κ3) is 4.47. The molecule has 8 nitrogen and oxygen atoms in total. The number of nitrogens with zero attached hydrogens (tertiary/aromatic N) is 2. The molecule has 3 aromatic carbocycles. The summed E-state index contributed by atoms with van der Waals surface area (Å²) in [5, 5.41) is 17.4. The molecule has 0 saturated heterocycles. The molecule has 1 unspecified atom stereocenters. The number of aliphatic hydroxyl groups excluding tert-OH is 1. The molecule has 0 radical (unpaired) electrons. The zero-order valence-electron chi connectivity index (χ0n) is 18.4. The van der Waals surface area contributed by atoms with Crippen molar-refractivity contribution in [1.29, 1.82) is 0 Å². The zero-order valence-corrected chi connectivity index (χ0v) is 18.4. The fourth-order valence-corrected chi connectivity index (χ4v) is 3.65. The predicted octanol–water partition coefficient (Wildman–Crippen LogP) is 3.15. The summed E-state index contributed by atoms with van der Waals surface area (Å²) in [4.78, 5) is 12.5. The van der Waals surface area contributed by atoms with E-state index in [0.717, 1.165) is 5.56 Å². The molecule has 0 fully saturated rings. The van der Waals surface area contributed by atoms with E-state index in [1.165, 1.54) is 23.9 Å². The average Bonchev–Trinajstić information content (AvgIpc) is 3.20. The third-order valence-electron chi connectivity index (χ3n) is 5.37. The Labute approximate surface area is 195 Å². The Balaban J connectivity index is 1.58. The van der Waals surface area contributed by atoms with Gasteiger partial charge in [0.1, 0.15) is 35.0 Å². The molecule has 0 bridgehead atoms. The molecule has 4 aromatic rings. The van der Waals surface area contributed by atoms with Crippen LogP contribution in [0, 0.1) is 5.82 Å². The molecule has 1 atom stereocenters. The normalized spacial score (nSPS) is 11.8. The van der Waals surface area contributed by atoms with Crippen molar-refractivity contribution in [2.24, 2.45) is 5.73 Å². The van der Waals surface area contributed by atoms with Crippen LogP contribution in [0.3, 0.4) is 0 Å². The minimum atomic E-state index is -1.41. The van der Waals surface area contributed by atoms with E-state index in [1.807, 2.05) is 12.1 Å². The number of nitrogens with two attached hydrogens (primary N) is 2. The fourth-order valence-electron chi connectivity index (χ4n) is 3.65. The standard InChI is InChI=1S/C25H24FN5O3/c1-34-20-9-5-2-6-17(20)25(33)29-14-15-10-12-16(13-11-15)22-21(24(28)32)23(27)31(30-22)19-8-4-3-7-18(19)26/h2-13,24,32H,14,27-28H2,1H3,(H,29,33). The van der Waals surface area contributed by atoms with Crippen molar-refractivity contribution in [2.45, 2.75) is 12.8 Å². The predicted molar refractivity (Wildman–Crippen MR) is 127 cm³/mol. The number of carbonyl (C=O) groups excluding carboxylic acids is 1. The van der Waals surface area contributed by atoms with E-state index in [2.05, 4.69) is 10.4 Å². The van der Waals surface area contributed by atoms with E-state index in [0.29, 0.717) is 22.6 Å². The SMILES string of the molecule is COc1ccccc1C(=O)NCc1ccc(-c2nn(-c3ccccc3F)c(N)c2C(N)O)cc1. The first-order valence-corrected chi connectivity index (χ1v) is 10.5. The van der Waals surface area contributed by atoms with E-state index in [9.17, 15) is 14.3 Å². The molecule has 0 aliphatic carbocycles. The maximum atomic E-state index is 14.3. The molecule has 6 N–H and O–H groups in total. The summed E-state index contributed by atoms with van der Waals surface area (Å²) in [5.74, 6) is -0.233. The van der Waals surface area contributed by atoms with Crippen LogP contribution >= 0.6 is 0 Å². The largest absolute Gasteiger partial charge is 0.496 e. The maximum Gasteiger partial charge on any atom is 0.255 e. The minimum Gasteiger partial charge on any atom is -0.496 e. The smallest absolute Gasteiger partial charge is 0.255 e. The Morgan fingerprint density at radius 3 is 2.47 bits per heavy atom. The van der Waals surface area contributed by atoms with Gasteiger partial charge >= 0.3 is 0 Å². The molecule has 174 valence electrons. The second-order valence-electron chi connectivity index (χ2n) is 7.54. The number of nitrogens with one attached hydrogen (secondary N) is 1. The van der Waals surface area contributed by atoms with Gasteiger partial charge in [0.05, 0.1) is 18.2 Å². The number of aliphatic hydroxyl groups is 1. The molecule has 34 heavy (non-hydrogen) atoms. The lowest BCUT2D eigenvalue weighted by atomic mass is 10.0. The van der Waals surface area contributed by atoms with Crippen molar-refractivity contribution in [2.75, 3.05) is 12.8 Å². The van der Waals surface area contributed by atoms with Crippen LogP contribution in [-0.4, -0.2) is 27.9 Å². The summed E-state index contributed by atoms with van der Waals surface area (Å²) in [6.07, 6.45) is -1.41. The van der Waals surface area contributed by atoms with E-state index in [4.69, 9.17) is 16.2 Å². The van der Waals surface area contributed by atoms with Crippen molar-refractivity contribution >= 4 is 11.7 Å². The molecule has 0 aliphatic heterocycles. The van der Waals surface area contributed by atoms with Crippen molar-refractivity contribution in [3.05, 3.63) is 95.3 Å². The number of para-hydroxylation sites is 2. The van der Waals surface area contributed by atoms with Crippen molar-refractivity contribution < 1.29 is 19.0 Å². The number of anilines is 1. The summed E-state index contributed by atoms with van der Waals surface area (Å²) in [6, 6.07) is 20.2. The zero-order chi connectivity index (χ0) is 24.2. The first kappa shape index (κ1) is 23.0. The minimum absolute atomic E-state index is 0.0447. The number of halogens is 1. The van der Waals surface area contributed by atoms with E-state index in [1.54, 1.807) is 48.5 Å².